The second-order valence-corrected chi connectivity index (χ2v) is 5.39. The summed E-state index contributed by atoms with van der Waals surface area (Å²) in [6, 6.07) is 0.773. The van der Waals surface area contributed by atoms with Gasteiger partial charge in [-0.25, -0.2) is 4.98 Å². The van der Waals surface area contributed by atoms with Crippen molar-refractivity contribution in [3.8, 4) is 0 Å². The zero-order chi connectivity index (χ0) is 10.5. The standard InChI is InChI=1S/C12H20N2S/c1-2-10-3-4-11(9-10)13-6-5-12-14-7-8-15-12/h7-8,10-11,13H,2-6,9H2,1H3. The first-order valence-corrected chi connectivity index (χ1v) is 6.88. The lowest BCUT2D eigenvalue weighted by molar-refractivity contribution is 0.479. The van der Waals surface area contributed by atoms with Crippen molar-refractivity contribution < 1.29 is 0 Å². The molecule has 1 aromatic rings. The number of rotatable bonds is 5. The minimum atomic E-state index is 0.773. The SMILES string of the molecule is CCC1CCC(NCCc2nccs2)C1. The molecule has 0 aliphatic heterocycles. The van der Waals surface area contributed by atoms with Crippen LogP contribution in [0.25, 0.3) is 0 Å². The fraction of sp³-hybridized carbons (Fsp3) is 0.750. The largest absolute Gasteiger partial charge is 0.314 e. The number of nitrogens with one attached hydrogen (secondary N) is 1. The molecule has 0 amide bonds. The van der Waals surface area contributed by atoms with Gasteiger partial charge in [-0.2, -0.15) is 0 Å². The first-order valence-electron chi connectivity index (χ1n) is 6.00. The van der Waals surface area contributed by atoms with Crippen molar-refractivity contribution in [1.29, 1.82) is 0 Å². The molecule has 1 aromatic heterocycles. The number of thiazole rings is 1. The molecule has 2 rings (SSSR count). The summed E-state index contributed by atoms with van der Waals surface area (Å²) < 4.78 is 0. The van der Waals surface area contributed by atoms with E-state index in [0.29, 0.717) is 0 Å². The Morgan fingerprint density at radius 2 is 2.47 bits per heavy atom. The van der Waals surface area contributed by atoms with Gasteiger partial charge in [0.15, 0.2) is 0 Å². The van der Waals surface area contributed by atoms with E-state index in [1.165, 1.54) is 30.7 Å². The Balaban J connectivity index is 1.63. The molecule has 0 radical (unpaired) electrons. The number of nitrogens with zero attached hydrogens (tertiary/aromatic N) is 1. The normalized spacial score (nSPS) is 25.9. The van der Waals surface area contributed by atoms with E-state index >= 15 is 0 Å². The molecule has 0 aromatic carbocycles. The Morgan fingerprint density at radius 1 is 1.53 bits per heavy atom. The van der Waals surface area contributed by atoms with Crippen molar-refractivity contribution >= 4 is 11.3 Å². The average Bonchev–Trinajstić information content (AvgIpc) is 2.88. The van der Waals surface area contributed by atoms with Gasteiger partial charge >= 0.3 is 0 Å². The fourth-order valence-electron chi connectivity index (χ4n) is 2.39. The van der Waals surface area contributed by atoms with Crippen LogP contribution in [0, 0.1) is 5.92 Å². The van der Waals surface area contributed by atoms with Crippen LogP contribution in [-0.2, 0) is 6.42 Å². The molecule has 1 aliphatic rings. The summed E-state index contributed by atoms with van der Waals surface area (Å²) in [5.74, 6) is 0.974. The molecule has 1 heterocycles. The lowest BCUT2D eigenvalue weighted by atomic mass is 10.1. The molecule has 2 unspecified atom stereocenters. The molecular weight excluding hydrogens is 204 g/mol. The second kappa shape index (κ2) is 5.61. The van der Waals surface area contributed by atoms with Crippen LogP contribution in [0.1, 0.15) is 37.6 Å². The fourth-order valence-corrected chi connectivity index (χ4v) is 3.01. The van der Waals surface area contributed by atoms with E-state index in [1.807, 2.05) is 6.20 Å². The topological polar surface area (TPSA) is 24.9 Å². The van der Waals surface area contributed by atoms with Gasteiger partial charge in [0.2, 0.25) is 0 Å². The minimum absolute atomic E-state index is 0.773. The van der Waals surface area contributed by atoms with Crippen molar-refractivity contribution in [3.05, 3.63) is 16.6 Å². The summed E-state index contributed by atoms with van der Waals surface area (Å²) >= 11 is 1.76. The second-order valence-electron chi connectivity index (χ2n) is 4.41. The lowest BCUT2D eigenvalue weighted by Crippen LogP contribution is -2.28. The maximum atomic E-state index is 4.29. The third-order valence-electron chi connectivity index (χ3n) is 3.37. The van der Waals surface area contributed by atoms with Crippen molar-refractivity contribution in [1.82, 2.24) is 10.3 Å². The van der Waals surface area contributed by atoms with Crippen LogP contribution in [-0.4, -0.2) is 17.6 Å². The summed E-state index contributed by atoms with van der Waals surface area (Å²) in [6.45, 7) is 3.40. The Morgan fingerprint density at radius 3 is 3.13 bits per heavy atom. The van der Waals surface area contributed by atoms with E-state index < -0.39 is 0 Å². The highest BCUT2D eigenvalue weighted by Gasteiger charge is 2.22. The Bertz CT molecular complexity index is 271. The zero-order valence-corrected chi connectivity index (χ0v) is 10.2. The first kappa shape index (κ1) is 11.1. The molecule has 2 atom stereocenters. The van der Waals surface area contributed by atoms with Gasteiger partial charge in [-0.05, 0) is 25.2 Å². The van der Waals surface area contributed by atoms with Gasteiger partial charge in [-0.1, -0.05) is 13.3 Å². The zero-order valence-electron chi connectivity index (χ0n) is 9.41. The van der Waals surface area contributed by atoms with Gasteiger partial charge in [-0.15, -0.1) is 11.3 Å². The summed E-state index contributed by atoms with van der Waals surface area (Å²) in [4.78, 5) is 4.29. The van der Waals surface area contributed by atoms with Gasteiger partial charge in [0, 0.05) is 30.6 Å². The van der Waals surface area contributed by atoms with Crippen molar-refractivity contribution in [2.24, 2.45) is 5.92 Å². The van der Waals surface area contributed by atoms with Crippen LogP contribution in [0.5, 0.6) is 0 Å². The van der Waals surface area contributed by atoms with Gasteiger partial charge in [-0.3, -0.25) is 0 Å². The highest BCUT2D eigenvalue weighted by molar-refractivity contribution is 7.09. The molecule has 1 N–H and O–H groups in total. The maximum Gasteiger partial charge on any atom is 0.0937 e. The maximum absolute atomic E-state index is 4.29. The molecule has 1 aliphatic carbocycles. The lowest BCUT2D eigenvalue weighted by Gasteiger charge is -2.11. The quantitative estimate of drug-likeness (QED) is 0.832. The predicted octanol–water partition coefficient (Wildman–Crippen LogP) is 2.85. The highest BCUT2D eigenvalue weighted by atomic mass is 32.1. The number of aromatic nitrogens is 1. The van der Waals surface area contributed by atoms with E-state index in [-0.39, 0.29) is 0 Å². The third-order valence-corrected chi connectivity index (χ3v) is 4.21. The summed E-state index contributed by atoms with van der Waals surface area (Å²) in [7, 11) is 0. The van der Waals surface area contributed by atoms with E-state index in [0.717, 1.165) is 24.9 Å². The summed E-state index contributed by atoms with van der Waals surface area (Å²) in [5.41, 5.74) is 0. The van der Waals surface area contributed by atoms with Crippen LogP contribution in [0.3, 0.4) is 0 Å². The van der Waals surface area contributed by atoms with Gasteiger partial charge in [0.25, 0.3) is 0 Å². The predicted molar refractivity (Wildman–Crippen MR) is 65.2 cm³/mol. The number of hydrogen-bond acceptors (Lipinski definition) is 3. The highest BCUT2D eigenvalue weighted by Crippen LogP contribution is 2.27. The summed E-state index contributed by atoms with van der Waals surface area (Å²) in [5, 5.41) is 6.96. The van der Waals surface area contributed by atoms with Gasteiger partial charge < -0.3 is 5.32 Å². The van der Waals surface area contributed by atoms with Gasteiger partial charge in [0.1, 0.15) is 0 Å². The third kappa shape index (κ3) is 3.28. The van der Waals surface area contributed by atoms with Gasteiger partial charge in [0.05, 0.1) is 5.01 Å². The van der Waals surface area contributed by atoms with Crippen molar-refractivity contribution in [2.45, 2.75) is 45.1 Å². The first-order chi connectivity index (χ1) is 7.38. The van der Waals surface area contributed by atoms with E-state index in [1.54, 1.807) is 11.3 Å². The molecule has 3 heteroatoms. The van der Waals surface area contributed by atoms with E-state index in [9.17, 15) is 0 Å². The monoisotopic (exact) mass is 224 g/mol. The number of hydrogen-bond donors (Lipinski definition) is 1. The Hall–Kier alpha value is -0.410. The Labute approximate surface area is 96.1 Å². The summed E-state index contributed by atoms with van der Waals surface area (Å²) in [6.07, 6.45) is 8.51. The van der Waals surface area contributed by atoms with Crippen molar-refractivity contribution in [2.75, 3.05) is 6.54 Å². The molecule has 0 bridgehead atoms. The van der Waals surface area contributed by atoms with E-state index in [4.69, 9.17) is 0 Å². The van der Waals surface area contributed by atoms with E-state index in [2.05, 4.69) is 22.6 Å². The van der Waals surface area contributed by atoms with Crippen LogP contribution in [0.15, 0.2) is 11.6 Å². The molecule has 1 saturated carbocycles. The van der Waals surface area contributed by atoms with Crippen LogP contribution in [0.4, 0.5) is 0 Å². The van der Waals surface area contributed by atoms with Crippen LogP contribution in [0.2, 0.25) is 0 Å². The van der Waals surface area contributed by atoms with Crippen LogP contribution >= 0.6 is 11.3 Å². The van der Waals surface area contributed by atoms with Crippen molar-refractivity contribution in [3.63, 3.8) is 0 Å². The molecule has 0 saturated heterocycles. The molecule has 15 heavy (non-hydrogen) atoms. The molecule has 2 nitrogen and oxygen atoms in total. The molecular formula is C12H20N2S. The minimum Gasteiger partial charge on any atom is -0.314 e. The Kier molecular flexibility index (Phi) is 4.15. The average molecular weight is 224 g/mol. The molecule has 1 fully saturated rings. The molecule has 0 spiro atoms. The smallest absolute Gasteiger partial charge is 0.0937 e. The van der Waals surface area contributed by atoms with Crippen LogP contribution < -0.4 is 5.32 Å². The molecule has 84 valence electrons.